The maximum absolute atomic E-state index is 14.5. The Bertz CT molecular complexity index is 3370. The Morgan fingerprint density at radius 3 is 2.28 bits per heavy atom. The molecule has 6 saturated carbocycles. The zero-order valence-electron chi connectivity index (χ0n) is 58.9. The zero-order chi connectivity index (χ0) is 68.2. The predicted molar refractivity (Wildman–Crippen MR) is 371 cm³/mol. The Kier molecular flexibility index (Phi) is 20.7. The van der Waals surface area contributed by atoms with Crippen molar-refractivity contribution < 1.29 is 58.3 Å². The molecule has 0 aromatic heterocycles. The maximum atomic E-state index is 14.5. The van der Waals surface area contributed by atoms with E-state index in [2.05, 4.69) is 61.5 Å². The van der Waals surface area contributed by atoms with Crippen LogP contribution in [0.15, 0.2) is 89.0 Å². The van der Waals surface area contributed by atoms with E-state index in [4.69, 9.17) is 14.2 Å². The molecule has 6 N–H and O–H groups in total. The number of amides is 3. The second-order valence-electron chi connectivity index (χ2n) is 33.2. The SMILES string of the molecule is CC1=C2C[C@H]3[C@@H](CC=C4C[C@@H](O)CC[C@@]43C)[C@@H]2CC[C@]12O[C@@H]1C[C@H](C)CN(CCCC(=O)C(CCCCNC(=O)CCCCCNC(=O)COC3CC[C@@]4(C)[C@H](CC[C@@H]5[C@@H]4C[C@@H](O)[C@]4(C)[C@@H](C6=CC(=O)OC6)CC[C@]54O)C3)NC(=O)c3ccc(C(=O)c4ccccc4)cc3)[C@H]1[C@H]2C. The minimum atomic E-state index is -1.02. The number of piperidine rings is 1. The monoisotopic (exact) mass is 1330 g/mol. The number of aliphatic hydroxyl groups excluding tert-OH is 2. The molecule has 0 bridgehead atoms. The second kappa shape index (κ2) is 28.6. The predicted octanol–water partition coefficient (Wildman–Crippen LogP) is 11.7. The van der Waals surface area contributed by atoms with E-state index in [9.17, 15) is 44.1 Å². The van der Waals surface area contributed by atoms with Gasteiger partial charge >= 0.3 is 5.97 Å². The van der Waals surface area contributed by atoms with Gasteiger partial charge in [-0.3, -0.25) is 28.9 Å². The summed E-state index contributed by atoms with van der Waals surface area (Å²) in [6, 6.07) is 15.2. The molecule has 8 fully saturated rings. The molecule has 528 valence electrons. The van der Waals surface area contributed by atoms with Crippen LogP contribution < -0.4 is 16.0 Å². The number of ether oxygens (including phenoxy) is 3. The molecule has 8 aliphatic carbocycles. The van der Waals surface area contributed by atoms with Crippen molar-refractivity contribution in [1.82, 2.24) is 20.9 Å². The van der Waals surface area contributed by atoms with Crippen molar-refractivity contribution in [2.45, 2.75) is 250 Å². The third-order valence-corrected chi connectivity index (χ3v) is 28.2. The average molecular weight is 1330 g/mol. The molecule has 3 heterocycles. The van der Waals surface area contributed by atoms with Gasteiger partial charge in [-0.2, -0.15) is 0 Å². The minimum absolute atomic E-state index is 0.000415. The number of ketones is 2. The highest BCUT2D eigenvalue weighted by Crippen LogP contribution is 2.71. The van der Waals surface area contributed by atoms with E-state index < -0.39 is 23.2 Å². The number of rotatable bonds is 24. The van der Waals surface area contributed by atoms with Crippen LogP contribution in [0.3, 0.4) is 0 Å². The molecule has 97 heavy (non-hydrogen) atoms. The molecule has 3 aliphatic heterocycles. The Labute approximate surface area is 576 Å². The van der Waals surface area contributed by atoms with Crippen molar-refractivity contribution in [3.63, 3.8) is 0 Å². The standard InChI is InChI=1S/C81H112N4O12/c1-49-40-69-74(51(3)80(97-69)35-31-60-61-27-25-56-42-58(86)29-33-77(56,4)65(61)44-62(60)50(80)2)85(46-49)39-15-19-68(87)67(84-76(93)54-23-21-53(22-24-54)75(92)52-16-9-7-10-17-52)18-12-14-38-82-71(89)20-11-8-13-37-83-72(90)48-95-59-30-34-78(5)57(43-59)26-28-64-66(78)45-70(88)79(6)63(32-36-81(64,79)94)55-41-73(91)96-47-55/h7,9-10,16-17,21-25,41,49,51,57-61,63-67,69-70,74,86,88,94H,8,11-15,18-20,26-40,42-48H2,1-6H3,(H,82,89)(H,83,90)(H,84,93)/t49-,51+,57+,58-,59?,60-,61-,63+,64+,65-,66-,67?,69+,70+,74-,77-,78-,79-,80-,81-/m0/s1. The Hall–Kier alpha value is -5.36. The quantitative estimate of drug-likeness (QED) is 0.0249. The molecule has 3 amide bonds. The number of cyclic esters (lactones) is 1. The summed E-state index contributed by atoms with van der Waals surface area (Å²) in [5, 5.41) is 44.4. The molecular weight excluding hydrogens is 1220 g/mol. The third-order valence-electron chi connectivity index (χ3n) is 28.2. The highest BCUT2D eigenvalue weighted by Gasteiger charge is 2.71. The van der Waals surface area contributed by atoms with Crippen LogP contribution in [0.25, 0.3) is 0 Å². The van der Waals surface area contributed by atoms with Gasteiger partial charge < -0.3 is 45.5 Å². The van der Waals surface area contributed by atoms with Gasteiger partial charge in [0, 0.05) is 72.6 Å². The summed E-state index contributed by atoms with van der Waals surface area (Å²) in [7, 11) is 0. The number of benzene rings is 2. The number of hydrogen-bond donors (Lipinski definition) is 6. The number of Topliss-reactive ketones (excluding diaryl/α,β-unsaturated/α-hetero) is 1. The summed E-state index contributed by atoms with van der Waals surface area (Å²) in [4.78, 5) is 82.3. The first-order valence-electron chi connectivity index (χ1n) is 38.0. The van der Waals surface area contributed by atoms with E-state index in [1.54, 1.807) is 48.0 Å². The highest BCUT2D eigenvalue weighted by molar-refractivity contribution is 6.09. The lowest BCUT2D eigenvalue weighted by molar-refractivity contribution is -0.245. The van der Waals surface area contributed by atoms with Crippen molar-refractivity contribution in [3.8, 4) is 0 Å². The Balaban J connectivity index is 0.545. The fourth-order valence-electron chi connectivity index (χ4n) is 22.8. The molecule has 2 saturated heterocycles. The van der Waals surface area contributed by atoms with E-state index in [1.165, 1.54) is 17.6 Å². The molecule has 1 spiro atoms. The molecule has 2 aromatic carbocycles. The third kappa shape index (κ3) is 13.3. The molecule has 16 heteroatoms. The van der Waals surface area contributed by atoms with E-state index in [0.29, 0.717) is 123 Å². The summed E-state index contributed by atoms with van der Waals surface area (Å²) in [6.07, 6.45) is 23.3. The van der Waals surface area contributed by atoms with Crippen LogP contribution in [0.5, 0.6) is 0 Å². The first-order chi connectivity index (χ1) is 46.5. The number of nitrogens with zero attached hydrogens (tertiary/aromatic N) is 1. The average Bonchev–Trinajstić information content (AvgIpc) is 1.64. The number of aliphatic hydroxyl groups is 3. The first kappa shape index (κ1) is 70.1. The van der Waals surface area contributed by atoms with E-state index in [1.807, 2.05) is 25.1 Å². The number of unbranched alkanes of at least 4 members (excludes halogenated alkanes) is 3. The zero-order valence-corrected chi connectivity index (χ0v) is 58.9. The molecule has 2 aromatic rings. The van der Waals surface area contributed by atoms with E-state index in [0.717, 1.165) is 115 Å². The summed E-state index contributed by atoms with van der Waals surface area (Å²) in [5.74, 6) is 2.18. The van der Waals surface area contributed by atoms with Crippen LogP contribution in [0, 0.1) is 69.5 Å². The normalized spacial score (nSPS) is 38.3. The summed E-state index contributed by atoms with van der Waals surface area (Å²) < 4.78 is 19.0. The fourth-order valence-corrected chi connectivity index (χ4v) is 22.8. The largest absolute Gasteiger partial charge is 0.458 e. The number of hydrogen-bond acceptors (Lipinski definition) is 13. The number of fused-ring (bicyclic) bond motifs is 11. The molecule has 0 radical (unpaired) electrons. The number of nitrogens with one attached hydrogen (secondary N) is 3. The van der Waals surface area contributed by atoms with Crippen LogP contribution in [0.4, 0.5) is 0 Å². The lowest BCUT2D eigenvalue weighted by Gasteiger charge is -2.65. The number of esters is 1. The van der Waals surface area contributed by atoms with Gasteiger partial charge in [-0.05, 0) is 236 Å². The van der Waals surface area contributed by atoms with Gasteiger partial charge in [-0.25, -0.2) is 4.79 Å². The van der Waals surface area contributed by atoms with Crippen LogP contribution >= 0.6 is 0 Å². The van der Waals surface area contributed by atoms with Crippen LogP contribution in [0.2, 0.25) is 0 Å². The smallest absolute Gasteiger partial charge is 0.331 e. The fraction of sp³-hybridized carbons (Fsp3) is 0.704. The van der Waals surface area contributed by atoms with Gasteiger partial charge in [0.2, 0.25) is 11.8 Å². The Morgan fingerprint density at radius 1 is 0.753 bits per heavy atom. The minimum Gasteiger partial charge on any atom is -0.458 e. The molecule has 16 nitrogen and oxygen atoms in total. The van der Waals surface area contributed by atoms with Gasteiger partial charge in [-0.1, -0.05) is 101 Å². The molecule has 13 rings (SSSR count). The second-order valence-corrected chi connectivity index (χ2v) is 33.2. The number of allylic oxidation sites excluding steroid dienone is 2. The topological polar surface area (TPSA) is 230 Å². The van der Waals surface area contributed by atoms with Gasteiger partial charge in [0.25, 0.3) is 5.91 Å². The molecule has 11 aliphatic rings. The summed E-state index contributed by atoms with van der Waals surface area (Å²) >= 11 is 0. The highest BCUT2D eigenvalue weighted by atomic mass is 16.5. The lowest BCUT2D eigenvalue weighted by Crippen LogP contribution is -2.67. The van der Waals surface area contributed by atoms with Crippen molar-refractivity contribution in [2.75, 3.05) is 39.4 Å². The molecule has 2 unspecified atom stereocenters. The maximum Gasteiger partial charge on any atom is 0.331 e. The molecule has 20 atom stereocenters. The number of likely N-dealkylation sites (tertiary alicyclic amines) is 1. The van der Waals surface area contributed by atoms with Crippen LogP contribution in [0.1, 0.15) is 228 Å². The van der Waals surface area contributed by atoms with Gasteiger partial charge in [0.05, 0.1) is 41.7 Å². The van der Waals surface area contributed by atoms with Gasteiger partial charge in [0.15, 0.2) is 11.6 Å². The lowest BCUT2D eigenvalue weighted by atomic mass is 9.42. The molecular formula is C81H112N4O12. The summed E-state index contributed by atoms with van der Waals surface area (Å²) in [5.41, 5.74) is 5.06. The van der Waals surface area contributed by atoms with Gasteiger partial charge in [-0.15, -0.1) is 0 Å². The van der Waals surface area contributed by atoms with Crippen molar-refractivity contribution in [1.29, 1.82) is 0 Å². The van der Waals surface area contributed by atoms with Crippen LogP contribution in [-0.4, -0.2) is 143 Å². The number of carbonyl (C=O) groups is 6. The van der Waals surface area contributed by atoms with Gasteiger partial charge in [0.1, 0.15) is 13.2 Å². The van der Waals surface area contributed by atoms with Crippen molar-refractivity contribution >= 4 is 35.3 Å². The number of carbonyl (C=O) groups excluding carboxylic acids is 6. The van der Waals surface area contributed by atoms with E-state index >= 15 is 0 Å². The van der Waals surface area contributed by atoms with Crippen LogP contribution in [-0.2, 0) is 33.4 Å². The summed E-state index contributed by atoms with van der Waals surface area (Å²) in [6.45, 7) is 17.0. The van der Waals surface area contributed by atoms with E-state index in [-0.39, 0.29) is 107 Å². The van der Waals surface area contributed by atoms with Crippen molar-refractivity contribution in [2.24, 2.45) is 69.5 Å². The Morgan fingerprint density at radius 2 is 1.51 bits per heavy atom. The van der Waals surface area contributed by atoms with Crippen molar-refractivity contribution in [3.05, 3.63) is 106 Å². The first-order valence-corrected chi connectivity index (χ1v) is 38.0.